The van der Waals surface area contributed by atoms with E-state index in [0.717, 1.165) is 33.8 Å². The number of rotatable bonds is 7. The summed E-state index contributed by atoms with van der Waals surface area (Å²) >= 11 is 1.29. The van der Waals surface area contributed by atoms with Crippen LogP contribution in [0.4, 0.5) is 10.1 Å². The number of nitrogens with one attached hydrogen (secondary N) is 1. The van der Waals surface area contributed by atoms with Crippen LogP contribution in [0.2, 0.25) is 0 Å². The van der Waals surface area contributed by atoms with Gasteiger partial charge < -0.3 is 0 Å². The lowest BCUT2D eigenvalue weighted by molar-refractivity contribution is -0.384. The SMILES string of the molecule is Cc1nn(C(=O)CNS(=O)(=O)c2ccc(F)cc2)c(C)c1Sc1ccc([N+](=O)[O-])cc1. The van der Waals surface area contributed by atoms with E-state index in [1.165, 1.54) is 23.9 Å². The number of benzene rings is 2. The third kappa shape index (κ3) is 5.16. The van der Waals surface area contributed by atoms with Gasteiger partial charge in [-0.2, -0.15) is 5.10 Å². The quantitative estimate of drug-likeness (QED) is 0.420. The molecule has 0 saturated carbocycles. The maximum atomic E-state index is 13.0. The van der Waals surface area contributed by atoms with Gasteiger partial charge in [0.05, 0.1) is 32.6 Å². The molecule has 1 aromatic heterocycles. The molecule has 0 unspecified atom stereocenters. The van der Waals surface area contributed by atoms with Crippen molar-refractivity contribution in [1.82, 2.24) is 14.5 Å². The van der Waals surface area contributed by atoms with Gasteiger partial charge in [0.15, 0.2) is 0 Å². The van der Waals surface area contributed by atoms with Crippen molar-refractivity contribution >= 4 is 33.4 Å². The van der Waals surface area contributed by atoms with E-state index in [1.807, 2.05) is 0 Å². The summed E-state index contributed by atoms with van der Waals surface area (Å²) in [4.78, 5) is 24.1. The summed E-state index contributed by atoms with van der Waals surface area (Å²) in [5.41, 5.74) is 1.03. The zero-order valence-corrected chi connectivity index (χ0v) is 18.0. The van der Waals surface area contributed by atoms with Crippen LogP contribution in [0.1, 0.15) is 16.2 Å². The number of nitrogens with zero attached hydrogens (tertiary/aromatic N) is 3. The Balaban J connectivity index is 1.74. The van der Waals surface area contributed by atoms with E-state index in [9.17, 15) is 27.7 Å². The van der Waals surface area contributed by atoms with Crippen LogP contribution in [-0.4, -0.2) is 35.6 Å². The second-order valence-corrected chi connectivity index (χ2v) is 9.29. The third-order valence-corrected chi connectivity index (χ3v) is 6.99. The topological polar surface area (TPSA) is 124 Å². The minimum atomic E-state index is -3.99. The standard InChI is InChI=1S/C19H17FN4O5S2/c1-12-19(30-16-7-5-15(6-8-16)24(26)27)13(2)23(22-12)18(25)11-21-31(28,29)17-9-3-14(20)4-10-17/h3-10,21H,11H2,1-2H3. The molecule has 0 saturated heterocycles. The summed E-state index contributed by atoms with van der Waals surface area (Å²) in [5.74, 6) is -1.17. The van der Waals surface area contributed by atoms with Crippen LogP contribution >= 0.6 is 11.8 Å². The molecule has 0 fully saturated rings. The highest BCUT2D eigenvalue weighted by Crippen LogP contribution is 2.33. The predicted molar refractivity (Wildman–Crippen MR) is 111 cm³/mol. The van der Waals surface area contributed by atoms with Gasteiger partial charge in [-0.25, -0.2) is 22.2 Å². The largest absolute Gasteiger partial charge is 0.271 e. The first-order valence-electron chi connectivity index (χ1n) is 8.85. The van der Waals surface area contributed by atoms with Gasteiger partial charge in [-0.05, 0) is 50.2 Å². The van der Waals surface area contributed by atoms with E-state index in [4.69, 9.17) is 0 Å². The Morgan fingerprint density at radius 3 is 2.35 bits per heavy atom. The monoisotopic (exact) mass is 464 g/mol. The molecule has 0 aliphatic heterocycles. The second kappa shape index (κ2) is 8.96. The lowest BCUT2D eigenvalue weighted by Crippen LogP contribution is -2.33. The number of sulfonamides is 1. The van der Waals surface area contributed by atoms with E-state index in [2.05, 4.69) is 9.82 Å². The molecule has 12 heteroatoms. The molecule has 31 heavy (non-hydrogen) atoms. The van der Waals surface area contributed by atoms with E-state index < -0.39 is 33.2 Å². The highest BCUT2D eigenvalue weighted by atomic mass is 32.2. The summed E-state index contributed by atoms with van der Waals surface area (Å²) < 4.78 is 40.9. The fourth-order valence-electron chi connectivity index (χ4n) is 2.70. The maximum absolute atomic E-state index is 13.0. The van der Waals surface area contributed by atoms with E-state index in [1.54, 1.807) is 26.0 Å². The summed E-state index contributed by atoms with van der Waals surface area (Å²) in [6.07, 6.45) is 0. The minimum absolute atomic E-state index is 0.0305. The fraction of sp³-hybridized carbons (Fsp3) is 0.158. The molecule has 0 spiro atoms. The average Bonchev–Trinajstić information content (AvgIpc) is 3.01. The molecule has 0 bridgehead atoms. The van der Waals surface area contributed by atoms with Crippen molar-refractivity contribution in [2.75, 3.05) is 6.54 Å². The maximum Gasteiger partial charge on any atom is 0.269 e. The summed E-state index contributed by atoms with van der Waals surface area (Å²) in [7, 11) is -3.99. The molecule has 0 atom stereocenters. The van der Waals surface area contributed by atoms with Gasteiger partial charge in [0.1, 0.15) is 5.82 Å². The zero-order chi connectivity index (χ0) is 22.8. The molecule has 0 amide bonds. The first kappa shape index (κ1) is 22.6. The van der Waals surface area contributed by atoms with Crippen LogP contribution in [0.15, 0.2) is 63.2 Å². The molecule has 1 heterocycles. The molecular formula is C19H17FN4O5S2. The summed E-state index contributed by atoms with van der Waals surface area (Å²) in [5, 5.41) is 15.0. The highest BCUT2D eigenvalue weighted by molar-refractivity contribution is 7.99. The van der Waals surface area contributed by atoms with Crippen LogP contribution in [0.5, 0.6) is 0 Å². The molecule has 9 nitrogen and oxygen atoms in total. The van der Waals surface area contributed by atoms with Crippen molar-refractivity contribution in [3.8, 4) is 0 Å². The molecule has 0 aliphatic rings. The van der Waals surface area contributed by atoms with Gasteiger partial charge in [0.2, 0.25) is 10.0 Å². The highest BCUT2D eigenvalue weighted by Gasteiger charge is 2.21. The van der Waals surface area contributed by atoms with Crippen LogP contribution in [-0.2, 0) is 10.0 Å². The molecular weight excluding hydrogens is 447 g/mol. The van der Waals surface area contributed by atoms with Crippen molar-refractivity contribution < 1.29 is 22.5 Å². The fourth-order valence-corrected chi connectivity index (χ4v) is 4.61. The number of nitro benzene ring substituents is 1. The van der Waals surface area contributed by atoms with Crippen molar-refractivity contribution in [2.45, 2.75) is 28.5 Å². The zero-order valence-electron chi connectivity index (χ0n) is 16.4. The summed E-state index contributed by atoms with van der Waals surface area (Å²) in [6.45, 7) is 2.83. The van der Waals surface area contributed by atoms with Crippen molar-refractivity contribution in [3.05, 3.63) is 75.9 Å². The Kier molecular flexibility index (Phi) is 6.53. The van der Waals surface area contributed by atoms with Gasteiger partial charge in [0.25, 0.3) is 11.6 Å². The summed E-state index contributed by atoms with van der Waals surface area (Å²) in [6, 6.07) is 10.2. The van der Waals surface area contributed by atoms with E-state index in [0.29, 0.717) is 16.3 Å². The van der Waals surface area contributed by atoms with Gasteiger partial charge >= 0.3 is 0 Å². The van der Waals surface area contributed by atoms with Crippen LogP contribution < -0.4 is 4.72 Å². The Bertz CT molecular complexity index is 1240. The number of carbonyl (C=O) groups is 1. The third-order valence-electron chi connectivity index (χ3n) is 4.27. The molecule has 162 valence electrons. The Labute approximate surface area is 181 Å². The molecule has 0 aliphatic carbocycles. The lowest BCUT2D eigenvalue weighted by atomic mass is 10.3. The number of nitro groups is 1. The first-order chi connectivity index (χ1) is 14.6. The van der Waals surface area contributed by atoms with Crippen molar-refractivity contribution in [2.24, 2.45) is 0 Å². The number of hydrogen-bond donors (Lipinski definition) is 1. The molecule has 3 aromatic rings. The van der Waals surface area contributed by atoms with E-state index in [-0.39, 0.29) is 10.6 Å². The number of halogens is 1. The van der Waals surface area contributed by atoms with Gasteiger partial charge in [-0.3, -0.25) is 14.9 Å². The van der Waals surface area contributed by atoms with Crippen molar-refractivity contribution in [1.29, 1.82) is 0 Å². The predicted octanol–water partition coefficient (Wildman–Crippen LogP) is 3.32. The average molecular weight is 465 g/mol. The van der Waals surface area contributed by atoms with Crippen molar-refractivity contribution in [3.63, 3.8) is 0 Å². The smallest absolute Gasteiger partial charge is 0.269 e. The normalized spacial score (nSPS) is 11.5. The minimum Gasteiger partial charge on any atom is -0.271 e. The van der Waals surface area contributed by atoms with Gasteiger partial charge in [-0.1, -0.05) is 11.8 Å². The lowest BCUT2D eigenvalue weighted by Gasteiger charge is -2.07. The van der Waals surface area contributed by atoms with E-state index >= 15 is 0 Å². The first-order valence-corrected chi connectivity index (χ1v) is 11.2. The number of aryl methyl sites for hydroxylation is 1. The molecule has 0 radical (unpaired) electrons. The van der Waals surface area contributed by atoms with Gasteiger partial charge in [0, 0.05) is 17.0 Å². The van der Waals surface area contributed by atoms with Gasteiger partial charge in [-0.15, -0.1) is 0 Å². The van der Waals surface area contributed by atoms with Crippen LogP contribution in [0, 0.1) is 29.8 Å². The Morgan fingerprint density at radius 1 is 1.16 bits per heavy atom. The molecule has 3 rings (SSSR count). The second-order valence-electron chi connectivity index (χ2n) is 6.44. The van der Waals surface area contributed by atoms with Crippen LogP contribution in [0.25, 0.3) is 0 Å². The Morgan fingerprint density at radius 2 is 1.77 bits per heavy atom. The number of hydrogen-bond acceptors (Lipinski definition) is 7. The number of non-ortho nitro benzene ring substituents is 1. The molecule has 1 N–H and O–H groups in total. The van der Waals surface area contributed by atoms with Crippen LogP contribution in [0.3, 0.4) is 0 Å². The Hall–Kier alpha value is -3.09. The number of aromatic nitrogens is 2. The molecule has 2 aromatic carbocycles. The number of carbonyl (C=O) groups excluding carboxylic acids is 1.